The first-order chi connectivity index (χ1) is 13.6. The Morgan fingerprint density at radius 2 is 1.32 bits per heavy atom. The van der Waals surface area contributed by atoms with Crippen molar-refractivity contribution in [2.45, 2.75) is 0 Å². The van der Waals surface area contributed by atoms with Crippen LogP contribution < -0.4 is 10.5 Å². The first-order valence-electron chi connectivity index (χ1n) is 8.91. The third-order valence-corrected chi connectivity index (χ3v) is 5.04. The van der Waals surface area contributed by atoms with Crippen molar-refractivity contribution in [2.75, 3.05) is 5.73 Å². The molecule has 0 unspecified atom stereocenters. The number of nitrogens with two attached hydrogens (primary N) is 1. The Morgan fingerprint density at radius 1 is 0.643 bits per heavy atom. The summed E-state index contributed by atoms with van der Waals surface area (Å²) in [6.07, 6.45) is 0. The summed E-state index contributed by atoms with van der Waals surface area (Å²) in [6.45, 7) is 0. The van der Waals surface area contributed by atoms with Gasteiger partial charge in [-0.1, -0.05) is 60.7 Å². The zero-order chi connectivity index (χ0) is 19.3. The minimum atomic E-state index is -0.257. The van der Waals surface area contributed by atoms with Crippen molar-refractivity contribution in [3.63, 3.8) is 0 Å². The second-order valence-electron chi connectivity index (χ2n) is 6.69. The van der Waals surface area contributed by atoms with Crippen LogP contribution in [0.1, 0.15) is 31.8 Å². The molecule has 0 saturated heterocycles. The summed E-state index contributed by atoms with van der Waals surface area (Å²) in [5.41, 5.74) is 7.79. The number of rotatable bonds is 2. The molecule has 0 radical (unpaired) electrons. The minimum absolute atomic E-state index is 0.201. The topological polar surface area (TPSA) is 69.4 Å². The highest BCUT2D eigenvalue weighted by Crippen LogP contribution is 2.40. The van der Waals surface area contributed by atoms with E-state index in [4.69, 9.17) is 10.5 Å². The molecule has 0 atom stereocenters. The van der Waals surface area contributed by atoms with E-state index in [9.17, 15) is 9.59 Å². The number of hydrogen-bond acceptors (Lipinski definition) is 4. The van der Waals surface area contributed by atoms with Gasteiger partial charge in [0.1, 0.15) is 5.75 Å². The van der Waals surface area contributed by atoms with Crippen molar-refractivity contribution >= 4 is 28.0 Å². The number of ether oxygens (including phenoxy) is 1. The fourth-order valence-corrected chi connectivity index (χ4v) is 3.68. The van der Waals surface area contributed by atoms with Gasteiger partial charge in [0.25, 0.3) is 0 Å². The van der Waals surface area contributed by atoms with Gasteiger partial charge < -0.3 is 10.5 Å². The molecular formula is C24H15NO3. The second-order valence-corrected chi connectivity index (χ2v) is 6.69. The zero-order valence-electron chi connectivity index (χ0n) is 14.8. The first kappa shape index (κ1) is 16.3. The number of carbonyl (C=O) groups is 2. The minimum Gasteiger partial charge on any atom is -0.454 e. The molecule has 4 aromatic carbocycles. The van der Waals surface area contributed by atoms with Crippen LogP contribution in [-0.2, 0) is 0 Å². The van der Waals surface area contributed by atoms with E-state index < -0.39 is 0 Å². The number of nitrogen functional groups attached to an aromatic ring is 1. The standard InChI is InChI=1S/C24H15NO3/c25-19-13-12-18-21(23(27)17-10-4-3-9-16(17)22(18)26)24(19)28-20-11-5-7-14-6-1-2-8-15(14)20/h1-13H,25H2. The second kappa shape index (κ2) is 6.06. The maximum atomic E-state index is 13.2. The largest absolute Gasteiger partial charge is 0.454 e. The van der Waals surface area contributed by atoms with Crippen LogP contribution in [0, 0.1) is 0 Å². The van der Waals surface area contributed by atoms with Crippen LogP contribution in [0.4, 0.5) is 5.69 Å². The molecule has 28 heavy (non-hydrogen) atoms. The van der Waals surface area contributed by atoms with Crippen molar-refractivity contribution in [3.8, 4) is 11.5 Å². The molecule has 0 fully saturated rings. The van der Waals surface area contributed by atoms with Crippen molar-refractivity contribution < 1.29 is 14.3 Å². The van der Waals surface area contributed by atoms with Gasteiger partial charge in [0, 0.05) is 22.1 Å². The Bertz CT molecular complexity index is 1290. The van der Waals surface area contributed by atoms with Gasteiger partial charge in [0.2, 0.25) is 0 Å². The van der Waals surface area contributed by atoms with E-state index in [0.29, 0.717) is 28.1 Å². The van der Waals surface area contributed by atoms with Gasteiger partial charge in [-0.05, 0) is 23.6 Å². The van der Waals surface area contributed by atoms with Gasteiger partial charge >= 0.3 is 0 Å². The molecule has 4 nitrogen and oxygen atoms in total. The number of hydrogen-bond donors (Lipinski definition) is 1. The molecule has 134 valence electrons. The van der Waals surface area contributed by atoms with Crippen LogP contribution in [0.15, 0.2) is 78.9 Å². The predicted octanol–water partition coefficient (Wildman–Crippen LogP) is 4.99. The lowest BCUT2D eigenvalue weighted by atomic mass is 9.83. The highest BCUT2D eigenvalue weighted by atomic mass is 16.5. The Hall–Kier alpha value is -3.92. The SMILES string of the molecule is Nc1ccc2c(c1Oc1cccc3ccccc13)C(=O)c1ccccc1C2=O. The lowest BCUT2D eigenvalue weighted by molar-refractivity contribution is 0.0977. The molecule has 1 aliphatic carbocycles. The van der Waals surface area contributed by atoms with E-state index in [1.807, 2.05) is 42.5 Å². The highest BCUT2D eigenvalue weighted by molar-refractivity contribution is 6.29. The molecule has 0 spiro atoms. The van der Waals surface area contributed by atoms with Crippen molar-refractivity contribution in [3.05, 3.63) is 101 Å². The summed E-state index contributed by atoms with van der Waals surface area (Å²) in [7, 11) is 0. The maximum absolute atomic E-state index is 13.2. The van der Waals surface area contributed by atoms with Crippen LogP contribution in [0.3, 0.4) is 0 Å². The summed E-state index contributed by atoms with van der Waals surface area (Å²) >= 11 is 0. The summed E-state index contributed by atoms with van der Waals surface area (Å²) < 4.78 is 6.16. The number of carbonyl (C=O) groups excluding carboxylic acids is 2. The third-order valence-electron chi connectivity index (χ3n) is 5.04. The molecule has 2 N–H and O–H groups in total. The van der Waals surface area contributed by atoms with E-state index in [2.05, 4.69) is 0 Å². The van der Waals surface area contributed by atoms with Gasteiger partial charge in [-0.25, -0.2) is 0 Å². The van der Waals surface area contributed by atoms with Crippen molar-refractivity contribution in [1.82, 2.24) is 0 Å². The fraction of sp³-hybridized carbons (Fsp3) is 0. The van der Waals surface area contributed by atoms with E-state index in [1.54, 1.807) is 36.4 Å². The van der Waals surface area contributed by atoms with Gasteiger partial charge in [-0.15, -0.1) is 0 Å². The predicted molar refractivity (Wildman–Crippen MR) is 108 cm³/mol. The summed E-state index contributed by atoms with van der Waals surface area (Å²) in [4.78, 5) is 26.1. The van der Waals surface area contributed by atoms with Crippen LogP contribution in [0.2, 0.25) is 0 Å². The summed E-state index contributed by atoms with van der Waals surface area (Å²) in [5, 5.41) is 1.91. The van der Waals surface area contributed by atoms with Crippen LogP contribution in [-0.4, -0.2) is 11.6 Å². The normalized spacial score (nSPS) is 12.6. The number of anilines is 1. The third kappa shape index (κ3) is 2.32. The first-order valence-corrected chi connectivity index (χ1v) is 8.91. The maximum Gasteiger partial charge on any atom is 0.198 e. The van der Waals surface area contributed by atoms with Crippen LogP contribution in [0.25, 0.3) is 10.8 Å². The average Bonchev–Trinajstić information content (AvgIpc) is 2.73. The average molecular weight is 365 g/mol. The van der Waals surface area contributed by atoms with Gasteiger partial charge in [0.05, 0.1) is 11.3 Å². The van der Waals surface area contributed by atoms with Gasteiger partial charge in [0.15, 0.2) is 17.3 Å². The van der Waals surface area contributed by atoms with E-state index >= 15 is 0 Å². The Kier molecular flexibility index (Phi) is 3.52. The zero-order valence-corrected chi connectivity index (χ0v) is 14.8. The molecule has 0 heterocycles. The van der Waals surface area contributed by atoms with Gasteiger partial charge in [-0.3, -0.25) is 9.59 Å². The van der Waals surface area contributed by atoms with Gasteiger partial charge in [-0.2, -0.15) is 0 Å². The lowest BCUT2D eigenvalue weighted by Crippen LogP contribution is -2.22. The Morgan fingerprint density at radius 3 is 2.14 bits per heavy atom. The molecule has 0 saturated carbocycles. The molecule has 5 rings (SSSR count). The number of benzene rings is 4. The monoisotopic (exact) mass is 365 g/mol. The number of ketones is 2. The van der Waals surface area contributed by atoms with E-state index in [-0.39, 0.29) is 22.9 Å². The van der Waals surface area contributed by atoms with Crippen LogP contribution >= 0.6 is 0 Å². The smallest absolute Gasteiger partial charge is 0.198 e. The van der Waals surface area contributed by atoms with Crippen LogP contribution in [0.5, 0.6) is 11.5 Å². The lowest BCUT2D eigenvalue weighted by Gasteiger charge is -2.21. The molecule has 4 aromatic rings. The summed E-state index contributed by atoms with van der Waals surface area (Å²) in [6, 6.07) is 23.5. The van der Waals surface area contributed by atoms with Crippen molar-refractivity contribution in [1.29, 1.82) is 0 Å². The molecule has 0 aliphatic heterocycles. The molecule has 1 aliphatic rings. The summed E-state index contributed by atoms with van der Waals surface area (Å²) in [5.74, 6) is 0.347. The molecule has 4 heteroatoms. The molecule has 0 aromatic heterocycles. The molecular weight excluding hydrogens is 350 g/mol. The van der Waals surface area contributed by atoms with E-state index in [0.717, 1.165) is 10.8 Å². The molecule has 0 bridgehead atoms. The van der Waals surface area contributed by atoms with Crippen molar-refractivity contribution in [2.24, 2.45) is 0 Å². The number of fused-ring (bicyclic) bond motifs is 3. The molecule has 0 amide bonds. The van der Waals surface area contributed by atoms with E-state index in [1.165, 1.54) is 0 Å². The Balaban J connectivity index is 1.72. The fourth-order valence-electron chi connectivity index (χ4n) is 3.68. The quantitative estimate of drug-likeness (QED) is 0.448. The Labute approximate surface area is 161 Å². The highest BCUT2D eigenvalue weighted by Gasteiger charge is 2.33.